The molecular weight excluding hydrogens is 498 g/mol. The SMILES string of the molecule is Cn1ccc(CO/N=C(/C(=O)O)c2csc(NC(c3ccccc3)(c3ccccc3)c3ccccc3)n2)n1. The van der Waals surface area contributed by atoms with Crippen LogP contribution in [-0.2, 0) is 28.8 Å². The molecule has 0 amide bonds. The van der Waals surface area contributed by atoms with Gasteiger partial charge in [-0.2, -0.15) is 5.10 Å². The van der Waals surface area contributed by atoms with Gasteiger partial charge in [-0.15, -0.1) is 11.3 Å². The van der Waals surface area contributed by atoms with Gasteiger partial charge in [-0.05, 0) is 22.8 Å². The molecule has 0 unspecified atom stereocenters. The molecule has 3 aromatic carbocycles. The summed E-state index contributed by atoms with van der Waals surface area (Å²) in [7, 11) is 1.79. The number of anilines is 1. The number of aliphatic carboxylic acids is 1. The number of carbonyl (C=O) groups is 1. The lowest BCUT2D eigenvalue weighted by Crippen LogP contribution is -2.38. The van der Waals surface area contributed by atoms with Gasteiger partial charge in [0.25, 0.3) is 0 Å². The van der Waals surface area contributed by atoms with Crippen molar-refractivity contribution in [2.45, 2.75) is 12.1 Å². The summed E-state index contributed by atoms with van der Waals surface area (Å²) in [6, 6.07) is 32.1. The molecule has 2 N–H and O–H groups in total. The minimum absolute atomic E-state index is 0.0476. The van der Waals surface area contributed by atoms with Gasteiger partial charge in [0.15, 0.2) is 11.7 Å². The predicted octanol–water partition coefficient (Wildman–Crippen LogP) is 5.29. The number of thiazole rings is 1. The molecule has 5 rings (SSSR count). The number of rotatable bonds is 10. The highest BCUT2D eigenvalue weighted by Gasteiger charge is 2.37. The molecule has 190 valence electrons. The number of hydrogen-bond acceptors (Lipinski definition) is 7. The molecule has 0 spiro atoms. The Labute approximate surface area is 223 Å². The van der Waals surface area contributed by atoms with Gasteiger partial charge >= 0.3 is 5.97 Å². The third-order valence-electron chi connectivity index (χ3n) is 6.00. The lowest BCUT2D eigenvalue weighted by Gasteiger charge is -2.36. The number of nitrogens with one attached hydrogen (secondary N) is 1. The van der Waals surface area contributed by atoms with Gasteiger partial charge in [0.05, 0.1) is 0 Å². The molecule has 0 saturated heterocycles. The molecular formula is C29H25N5O3S. The van der Waals surface area contributed by atoms with E-state index in [9.17, 15) is 9.90 Å². The van der Waals surface area contributed by atoms with Crippen molar-refractivity contribution in [3.05, 3.63) is 137 Å². The van der Waals surface area contributed by atoms with Crippen LogP contribution >= 0.6 is 11.3 Å². The fourth-order valence-corrected chi connectivity index (χ4v) is 5.03. The highest BCUT2D eigenvalue weighted by Crippen LogP contribution is 2.40. The van der Waals surface area contributed by atoms with E-state index in [1.165, 1.54) is 11.3 Å². The molecule has 0 aliphatic heterocycles. The first-order valence-corrected chi connectivity index (χ1v) is 12.8. The van der Waals surface area contributed by atoms with Gasteiger partial charge in [-0.25, -0.2) is 9.78 Å². The minimum Gasteiger partial charge on any atom is -0.476 e. The van der Waals surface area contributed by atoms with Crippen LogP contribution in [0.3, 0.4) is 0 Å². The summed E-state index contributed by atoms with van der Waals surface area (Å²) in [6.45, 7) is 0.0476. The third kappa shape index (κ3) is 5.18. The highest BCUT2D eigenvalue weighted by molar-refractivity contribution is 7.14. The number of carboxylic acid groups (broad SMARTS) is 1. The van der Waals surface area contributed by atoms with E-state index in [1.807, 2.05) is 54.6 Å². The zero-order valence-electron chi connectivity index (χ0n) is 20.6. The maximum absolute atomic E-state index is 12.0. The Hall–Kier alpha value is -4.76. The maximum atomic E-state index is 12.0. The molecule has 0 radical (unpaired) electrons. The summed E-state index contributed by atoms with van der Waals surface area (Å²) in [4.78, 5) is 21.9. The summed E-state index contributed by atoms with van der Waals surface area (Å²) in [6.07, 6.45) is 1.78. The van der Waals surface area contributed by atoms with E-state index < -0.39 is 11.5 Å². The van der Waals surface area contributed by atoms with Crippen LogP contribution in [0.15, 0.2) is 114 Å². The van der Waals surface area contributed by atoms with Crippen LogP contribution in [0.25, 0.3) is 0 Å². The van der Waals surface area contributed by atoms with Gasteiger partial charge in [-0.3, -0.25) is 4.68 Å². The number of benzene rings is 3. The first kappa shape index (κ1) is 24.9. The number of hydrogen-bond donors (Lipinski definition) is 2. The normalized spacial score (nSPS) is 11.8. The fourth-order valence-electron chi connectivity index (χ4n) is 4.28. The van der Waals surface area contributed by atoms with Gasteiger partial charge in [0.2, 0.25) is 5.71 Å². The molecule has 9 heteroatoms. The van der Waals surface area contributed by atoms with Crippen LogP contribution in [0.2, 0.25) is 0 Å². The average molecular weight is 524 g/mol. The Morgan fingerprint density at radius 3 is 1.97 bits per heavy atom. The predicted molar refractivity (Wildman–Crippen MR) is 147 cm³/mol. The quantitative estimate of drug-likeness (QED) is 0.147. The van der Waals surface area contributed by atoms with E-state index in [-0.39, 0.29) is 18.0 Å². The van der Waals surface area contributed by atoms with Crippen molar-refractivity contribution in [2.75, 3.05) is 5.32 Å². The molecule has 0 bridgehead atoms. The van der Waals surface area contributed by atoms with Crippen LogP contribution in [0, 0.1) is 0 Å². The van der Waals surface area contributed by atoms with Crippen LogP contribution in [-0.4, -0.2) is 31.6 Å². The maximum Gasteiger partial charge on any atom is 0.360 e. The largest absolute Gasteiger partial charge is 0.476 e. The van der Waals surface area contributed by atoms with E-state index in [1.54, 1.807) is 29.4 Å². The van der Waals surface area contributed by atoms with Gasteiger partial charge in [0, 0.05) is 18.6 Å². The van der Waals surface area contributed by atoms with Crippen LogP contribution in [0.5, 0.6) is 0 Å². The Morgan fingerprint density at radius 2 is 1.50 bits per heavy atom. The zero-order valence-corrected chi connectivity index (χ0v) is 21.4. The summed E-state index contributed by atoms with van der Waals surface area (Å²) in [5.74, 6) is -1.23. The average Bonchev–Trinajstić information content (AvgIpc) is 3.59. The van der Waals surface area contributed by atoms with E-state index in [4.69, 9.17) is 4.84 Å². The summed E-state index contributed by atoms with van der Waals surface area (Å²) in [5, 5.41) is 23.7. The molecule has 0 atom stereocenters. The summed E-state index contributed by atoms with van der Waals surface area (Å²) >= 11 is 1.30. The zero-order chi connectivity index (χ0) is 26.4. The molecule has 0 aliphatic rings. The number of nitrogens with zero attached hydrogens (tertiary/aromatic N) is 4. The number of aromatic nitrogens is 3. The summed E-state index contributed by atoms with van der Waals surface area (Å²) < 4.78 is 1.64. The Bertz CT molecular complexity index is 1440. The number of carboxylic acids is 1. The van der Waals surface area contributed by atoms with Crippen molar-refractivity contribution in [3.63, 3.8) is 0 Å². The van der Waals surface area contributed by atoms with Crippen molar-refractivity contribution in [1.29, 1.82) is 0 Å². The Balaban J connectivity index is 1.53. The van der Waals surface area contributed by atoms with Gasteiger partial charge in [0.1, 0.15) is 16.9 Å². The van der Waals surface area contributed by atoms with Gasteiger partial charge in [-0.1, -0.05) is 96.2 Å². The monoisotopic (exact) mass is 523 g/mol. The van der Waals surface area contributed by atoms with E-state index in [2.05, 4.69) is 57.0 Å². The molecule has 8 nitrogen and oxygen atoms in total. The van der Waals surface area contributed by atoms with Gasteiger partial charge < -0.3 is 15.3 Å². The lowest BCUT2D eigenvalue weighted by molar-refractivity contribution is -0.129. The first-order valence-electron chi connectivity index (χ1n) is 11.9. The Morgan fingerprint density at radius 1 is 0.947 bits per heavy atom. The molecule has 0 aliphatic carbocycles. The van der Waals surface area contributed by atoms with Crippen molar-refractivity contribution in [2.24, 2.45) is 12.2 Å². The minimum atomic E-state index is -1.23. The Kier molecular flexibility index (Phi) is 7.28. The molecule has 0 saturated carbocycles. The fraction of sp³-hybridized carbons (Fsp3) is 0.103. The molecule has 2 aromatic heterocycles. The van der Waals surface area contributed by atoms with Crippen molar-refractivity contribution >= 4 is 28.1 Å². The second-order valence-electron chi connectivity index (χ2n) is 8.51. The molecule has 38 heavy (non-hydrogen) atoms. The van der Waals surface area contributed by atoms with Crippen LogP contribution < -0.4 is 5.32 Å². The highest BCUT2D eigenvalue weighted by atomic mass is 32.1. The number of aryl methyl sites for hydroxylation is 1. The van der Waals surface area contributed by atoms with Crippen molar-refractivity contribution in [1.82, 2.24) is 14.8 Å². The number of oxime groups is 1. The standard InChI is InChI=1S/C29H25N5O3S/c1-34-18-17-24(32-34)19-37-33-26(27(35)36)25-20-38-28(30-25)31-29(21-11-5-2-6-12-21,22-13-7-3-8-14-22)23-15-9-4-10-16-23/h2-18,20H,19H2,1H3,(H,30,31)(H,35,36)/b33-26+. The lowest BCUT2D eigenvalue weighted by atomic mass is 9.77. The molecule has 5 aromatic rings. The van der Waals surface area contributed by atoms with Crippen LogP contribution in [0.4, 0.5) is 5.13 Å². The van der Waals surface area contributed by atoms with E-state index >= 15 is 0 Å². The molecule has 0 fully saturated rings. The van der Waals surface area contributed by atoms with Crippen LogP contribution in [0.1, 0.15) is 28.1 Å². The van der Waals surface area contributed by atoms with Crippen molar-refractivity contribution < 1.29 is 14.7 Å². The first-order chi connectivity index (χ1) is 18.6. The van der Waals surface area contributed by atoms with E-state index in [0.717, 1.165) is 16.7 Å². The van der Waals surface area contributed by atoms with E-state index in [0.29, 0.717) is 10.8 Å². The molecule has 2 heterocycles. The van der Waals surface area contributed by atoms with Crippen molar-refractivity contribution in [3.8, 4) is 0 Å². The second-order valence-corrected chi connectivity index (χ2v) is 9.37. The topological polar surface area (TPSA) is 102 Å². The second kappa shape index (κ2) is 11.1. The summed E-state index contributed by atoms with van der Waals surface area (Å²) in [5.41, 5.74) is 2.82. The third-order valence-corrected chi connectivity index (χ3v) is 6.76. The smallest absolute Gasteiger partial charge is 0.360 e.